The lowest BCUT2D eigenvalue weighted by Crippen LogP contribution is -1.87. The van der Waals surface area contributed by atoms with Crippen LogP contribution in [0.25, 0.3) is 16.6 Å². The van der Waals surface area contributed by atoms with Crippen molar-refractivity contribution in [1.82, 2.24) is 15.2 Å². The van der Waals surface area contributed by atoms with Gasteiger partial charge in [0.2, 0.25) is 0 Å². The topological polar surface area (TPSA) is 67.6 Å². The molecular weight excluding hydrogens is 224 g/mol. The number of nitrogens with one attached hydrogen (secondary N) is 1. The predicted molar refractivity (Wildman–Crippen MR) is 78.0 cm³/mol. The molecule has 2 heterocycles. The first kappa shape index (κ1) is 13.7. The second-order valence-corrected chi connectivity index (χ2v) is 3.30. The Morgan fingerprint density at radius 2 is 2.11 bits per heavy atom. The molecule has 18 heavy (non-hydrogen) atoms. The lowest BCUT2D eigenvalue weighted by atomic mass is 10.1. The summed E-state index contributed by atoms with van der Waals surface area (Å²) >= 11 is 0. The zero-order valence-electron chi connectivity index (χ0n) is 10.8. The van der Waals surface area contributed by atoms with E-state index in [-0.39, 0.29) is 0 Å². The van der Waals surface area contributed by atoms with Crippen molar-refractivity contribution in [2.24, 2.45) is 0 Å². The summed E-state index contributed by atoms with van der Waals surface area (Å²) in [5, 5.41) is 7.90. The van der Waals surface area contributed by atoms with Gasteiger partial charge < -0.3 is 5.73 Å². The van der Waals surface area contributed by atoms with Crippen LogP contribution in [0.5, 0.6) is 0 Å². The molecule has 0 saturated carbocycles. The zero-order chi connectivity index (χ0) is 13.5. The van der Waals surface area contributed by atoms with Crippen LogP contribution in [0.1, 0.15) is 19.5 Å². The minimum Gasteiger partial charge on any atom is -0.397 e. The van der Waals surface area contributed by atoms with Crippen LogP contribution >= 0.6 is 0 Å². The largest absolute Gasteiger partial charge is 0.397 e. The predicted octanol–water partition coefficient (Wildman–Crippen LogP) is 3.32. The maximum Gasteiger partial charge on any atom is 0.181 e. The van der Waals surface area contributed by atoms with Crippen LogP contribution in [0.2, 0.25) is 0 Å². The van der Waals surface area contributed by atoms with Gasteiger partial charge in [0.25, 0.3) is 0 Å². The monoisotopic (exact) mass is 242 g/mol. The minimum absolute atomic E-state index is 0.608. The summed E-state index contributed by atoms with van der Waals surface area (Å²) in [6.45, 7) is 11.4. The molecule has 0 aliphatic rings. The molecule has 0 unspecified atom stereocenters. The van der Waals surface area contributed by atoms with Gasteiger partial charge in [0.1, 0.15) is 0 Å². The number of fused-ring (bicyclic) bond motifs is 1. The Balaban J connectivity index is 0.000000771. The fourth-order valence-corrected chi connectivity index (χ4v) is 1.52. The molecule has 0 aromatic carbocycles. The molecule has 3 N–H and O–H groups in total. The molecule has 0 amide bonds. The first-order chi connectivity index (χ1) is 8.76. The summed E-state index contributed by atoms with van der Waals surface area (Å²) in [5.74, 6) is 0. The van der Waals surface area contributed by atoms with E-state index >= 15 is 0 Å². The minimum atomic E-state index is 0.608. The van der Waals surface area contributed by atoms with Crippen LogP contribution in [-0.2, 0) is 0 Å². The van der Waals surface area contributed by atoms with Crippen LogP contribution in [0.15, 0.2) is 43.6 Å². The fourth-order valence-electron chi connectivity index (χ4n) is 1.52. The van der Waals surface area contributed by atoms with Gasteiger partial charge >= 0.3 is 0 Å². The molecule has 0 spiro atoms. The van der Waals surface area contributed by atoms with Crippen molar-refractivity contribution in [1.29, 1.82) is 0 Å². The highest BCUT2D eigenvalue weighted by Crippen LogP contribution is 2.23. The summed E-state index contributed by atoms with van der Waals surface area (Å²) in [7, 11) is 0. The van der Waals surface area contributed by atoms with E-state index in [1.165, 1.54) is 0 Å². The summed E-state index contributed by atoms with van der Waals surface area (Å²) in [6, 6.07) is 1.83. The van der Waals surface area contributed by atoms with Gasteiger partial charge in [-0.2, -0.15) is 5.10 Å². The summed E-state index contributed by atoms with van der Waals surface area (Å²) in [5.41, 5.74) is 8.71. The van der Waals surface area contributed by atoms with Crippen molar-refractivity contribution >= 4 is 22.3 Å². The molecule has 0 bridgehead atoms. The van der Waals surface area contributed by atoms with Gasteiger partial charge in [0.15, 0.2) is 5.65 Å². The van der Waals surface area contributed by atoms with Crippen LogP contribution < -0.4 is 5.73 Å². The van der Waals surface area contributed by atoms with Gasteiger partial charge in [-0.05, 0) is 11.6 Å². The second kappa shape index (κ2) is 6.39. The Morgan fingerprint density at radius 1 is 1.39 bits per heavy atom. The zero-order valence-corrected chi connectivity index (χ0v) is 10.8. The van der Waals surface area contributed by atoms with Gasteiger partial charge in [0, 0.05) is 5.39 Å². The SMILES string of the molecule is C=C/C=C(\C=C)c1[nH]nc2ncc(N)cc12.CC. The molecule has 0 atom stereocenters. The summed E-state index contributed by atoms with van der Waals surface area (Å²) in [4.78, 5) is 4.12. The average Bonchev–Trinajstić information content (AvgIpc) is 2.81. The lowest BCUT2D eigenvalue weighted by Gasteiger charge is -1.98. The van der Waals surface area contributed by atoms with E-state index in [0.717, 1.165) is 16.7 Å². The third-order valence-electron chi connectivity index (χ3n) is 2.24. The Labute approximate surface area is 107 Å². The molecule has 0 radical (unpaired) electrons. The number of hydrogen-bond donors (Lipinski definition) is 2. The summed E-state index contributed by atoms with van der Waals surface area (Å²) < 4.78 is 0. The maximum absolute atomic E-state index is 5.70. The van der Waals surface area contributed by atoms with E-state index in [0.29, 0.717) is 11.3 Å². The van der Waals surface area contributed by atoms with Crippen molar-refractivity contribution < 1.29 is 0 Å². The molecule has 0 saturated heterocycles. The van der Waals surface area contributed by atoms with Crippen molar-refractivity contribution in [3.63, 3.8) is 0 Å². The Hall–Kier alpha value is -2.36. The maximum atomic E-state index is 5.70. The van der Waals surface area contributed by atoms with E-state index in [1.807, 2.05) is 26.0 Å². The highest BCUT2D eigenvalue weighted by molar-refractivity contribution is 5.92. The number of aromatic nitrogens is 3. The van der Waals surface area contributed by atoms with Crippen molar-refractivity contribution in [2.75, 3.05) is 5.73 Å². The molecule has 0 aliphatic heterocycles. The van der Waals surface area contributed by atoms with E-state index in [4.69, 9.17) is 5.73 Å². The number of nitrogens with two attached hydrogens (primary N) is 1. The number of rotatable bonds is 3. The number of nitrogens with zero attached hydrogens (tertiary/aromatic N) is 2. The first-order valence-electron chi connectivity index (χ1n) is 5.81. The number of allylic oxidation sites excluding steroid dienone is 4. The molecule has 94 valence electrons. The number of H-pyrrole nitrogens is 1. The van der Waals surface area contributed by atoms with E-state index < -0.39 is 0 Å². The Morgan fingerprint density at radius 3 is 2.72 bits per heavy atom. The third-order valence-corrected chi connectivity index (χ3v) is 2.24. The second-order valence-electron chi connectivity index (χ2n) is 3.30. The normalized spacial score (nSPS) is 10.7. The Kier molecular flexibility index (Phi) is 4.87. The number of pyridine rings is 1. The van der Waals surface area contributed by atoms with E-state index in [1.54, 1.807) is 18.3 Å². The summed E-state index contributed by atoms with van der Waals surface area (Å²) in [6.07, 6.45) is 6.86. The lowest BCUT2D eigenvalue weighted by molar-refractivity contribution is 1.08. The van der Waals surface area contributed by atoms with Crippen molar-refractivity contribution in [3.05, 3.63) is 49.3 Å². The Bertz CT molecular complexity index is 578. The molecule has 2 aromatic rings. The highest BCUT2D eigenvalue weighted by atomic mass is 15.1. The van der Waals surface area contributed by atoms with Gasteiger partial charge in [-0.15, -0.1) is 0 Å². The average molecular weight is 242 g/mol. The number of nitrogen functional groups attached to an aromatic ring is 1. The van der Waals surface area contributed by atoms with E-state index in [9.17, 15) is 0 Å². The van der Waals surface area contributed by atoms with Gasteiger partial charge in [-0.3, -0.25) is 5.10 Å². The van der Waals surface area contributed by atoms with E-state index in [2.05, 4.69) is 28.3 Å². The number of aromatic amines is 1. The molecule has 2 aromatic heterocycles. The van der Waals surface area contributed by atoms with Crippen molar-refractivity contribution in [3.8, 4) is 0 Å². The molecule has 0 aliphatic carbocycles. The first-order valence-corrected chi connectivity index (χ1v) is 5.81. The fraction of sp³-hybridized carbons (Fsp3) is 0.143. The van der Waals surface area contributed by atoms with Gasteiger partial charge in [0.05, 0.1) is 17.6 Å². The van der Waals surface area contributed by atoms with Crippen LogP contribution in [0.4, 0.5) is 5.69 Å². The van der Waals surface area contributed by atoms with Crippen molar-refractivity contribution in [2.45, 2.75) is 13.8 Å². The van der Waals surface area contributed by atoms with Crippen LogP contribution in [-0.4, -0.2) is 15.2 Å². The highest BCUT2D eigenvalue weighted by Gasteiger charge is 2.08. The van der Waals surface area contributed by atoms with Gasteiger partial charge in [-0.1, -0.05) is 45.2 Å². The molecule has 4 nitrogen and oxygen atoms in total. The molecule has 0 fully saturated rings. The number of hydrogen-bond acceptors (Lipinski definition) is 3. The number of anilines is 1. The van der Waals surface area contributed by atoms with Crippen LogP contribution in [0.3, 0.4) is 0 Å². The quantitative estimate of drug-likeness (QED) is 0.811. The standard InChI is InChI=1S/C12H12N4.C2H6/c1-3-5-8(4-2)11-10-6-9(13)7-14-12(10)16-15-11;1-2/h3-7H,1-2,13H2,(H,14,15,16);1-2H3/b8-5+;. The third kappa shape index (κ3) is 2.66. The molecule has 2 rings (SSSR count). The van der Waals surface area contributed by atoms with Crippen LogP contribution in [0, 0.1) is 0 Å². The molecule has 4 heteroatoms. The van der Waals surface area contributed by atoms with Gasteiger partial charge in [-0.25, -0.2) is 4.98 Å². The smallest absolute Gasteiger partial charge is 0.181 e. The molecular formula is C14H18N4.